The van der Waals surface area contributed by atoms with Crippen molar-refractivity contribution in [1.29, 1.82) is 0 Å². The Balaban J connectivity index is 1.63. The molecule has 3 nitrogen and oxygen atoms in total. The molecule has 0 fully saturated rings. The zero-order valence-electron chi connectivity index (χ0n) is 16.7. The molecule has 4 heteroatoms. The molecule has 2 unspecified atom stereocenters. The fourth-order valence-electron chi connectivity index (χ4n) is 3.50. The van der Waals surface area contributed by atoms with E-state index in [2.05, 4.69) is 24.0 Å². The van der Waals surface area contributed by atoms with Gasteiger partial charge in [0.15, 0.2) is 0 Å². The van der Waals surface area contributed by atoms with Gasteiger partial charge >= 0.3 is 0 Å². The summed E-state index contributed by atoms with van der Waals surface area (Å²) >= 11 is 0. The van der Waals surface area contributed by atoms with Crippen LogP contribution < -0.4 is 0 Å². The summed E-state index contributed by atoms with van der Waals surface area (Å²) in [4.78, 5) is 5.32. The highest BCUT2D eigenvalue weighted by Gasteiger charge is 2.14. The van der Waals surface area contributed by atoms with Crippen LogP contribution in [0.1, 0.15) is 24.0 Å². The predicted molar refractivity (Wildman–Crippen MR) is 125 cm³/mol. The minimum atomic E-state index is -1.19. The summed E-state index contributed by atoms with van der Waals surface area (Å²) in [6, 6.07) is 29.0. The van der Waals surface area contributed by atoms with Gasteiger partial charge in [0.2, 0.25) is 0 Å². The van der Waals surface area contributed by atoms with Crippen molar-refractivity contribution in [3.05, 3.63) is 102 Å². The SMILES string of the molecule is CC(CS(=O)c1ccccc1N=Cc1c(O)ccc2ccccc12)c1ccccc1. The van der Waals surface area contributed by atoms with Gasteiger partial charge in [0.25, 0.3) is 0 Å². The average molecular weight is 414 g/mol. The zero-order chi connectivity index (χ0) is 20.9. The molecule has 4 rings (SSSR count). The molecule has 2 atom stereocenters. The lowest BCUT2D eigenvalue weighted by Gasteiger charge is -2.12. The molecule has 0 amide bonds. The standard InChI is InChI=1S/C26H23NO2S/c1-19(20-9-3-2-4-10-20)18-30(29)26-14-8-7-13-24(26)27-17-23-22-12-6-5-11-21(22)15-16-25(23)28/h2-17,19,28H,18H2,1H3. The van der Waals surface area contributed by atoms with Crippen LogP contribution in [0.15, 0.2) is 101 Å². The summed E-state index contributed by atoms with van der Waals surface area (Å²) in [5.74, 6) is 0.871. The number of phenolic OH excluding ortho intramolecular Hbond substituents is 1. The number of fused-ring (bicyclic) bond motifs is 1. The molecule has 4 aromatic carbocycles. The maximum Gasteiger partial charge on any atom is 0.124 e. The van der Waals surface area contributed by atoms with Gasteiger partial charge in [-0.25, -0.2) is 0 Å². The van der Waals surface area contributed by atoms with Crippen LogP contribution in [0, 0.1) is 0 Å². The van der Waals surface area contributed by atoms with Gasteiger partial charge in [-0.05, 0) is 40.5 Å². The van der Waals surface area contributed by atoms with E-state index in [1.165, 1.54) is 5.56 Å². The Morgan fingerprint density at radius 1 is 0.900 bits per heavy atom. The molecular formula is C26H23NO2S. The Morgan fingerprint density at radius 2 is 1.60 bits per heavy atom. The number of hydrogen-bond donors (Lipinski definition) is 1. The summed E-state index contributed by atoms with van der Waals surface area (Å²) in [5.41, 5.74) is 2.49. The Morgan fingerprint density at radius 3 is 2.43 bits per heavy atom. The summed E-state index contributed by atoms with van der Waals surface area (Å²) in [6.45, 7) is 2.09. The van der Waals surface area contributed by atoms with Gasteiger partial charge in [0, 0.05) is 17.5 Å². The maximum absolute atomic E-state index is 13.1. The molecular weight excluding hydrogens is 390 g/mol. The molecule has 0 bridgehead atoms. The third-order valence-electron chi connectivity index (χ3n) is 5.16. The molecule has 0 radical (unpaired) electrons. The van der Waals surface area contributed by atoms with E-state index in [1.54, 1.807) is 12.3 Å². The second kappa shape index (κ2) is 9.06. The number of hydrogen-bond acceptors (Lipinski definition) is 3. The van der Waals surface area contributed by atoms with Gasteiger partial charge < -0.3 is 5.11 Å². The minimum absolute atomic E-state index is 0.172. The Labute approximate surface area is 179 Å². The van der Waals surface area contributed by atoms with Crippen molar-refractivity contribution >= 4 is 33.5 Å². The van der Waals surface area contributed by atoms with Crippen molar-refractivity contribution in [2.24, 2.45) is 4.99 Å². The third-order valence-corrected chi connectivity index (χ3v) is 6.80. The number of phenols is 1. The van der Waals surface area contributed by atoms with E-state index in [1.807, 2.05) is 72.8 Å². The number of aromatic hydroxyl groups is 1. The minimum Gasteiger partial charge on any atom is -0.507 e. The lowest BCUT2D eigenvalue weighted by molar-refractivity contribution is 0.475. The van der Waals surface area contributed by atoms with Crippen LogP contribution >= 0.6 is 0 Å². The topological polar surface area (TPSA) is 49.7 Å². The number of aliphatic imine (C=N–C) groups is 1. The maximum atomic E-state index is 13.1. The van der Waals surface area contributed by atoms with Crippen LogP contribution in [-0.4, -0.2) is 21.3 Å². The highest BCUT2D eigenvalue weighted by atomic mass is 32.2. The van der Waals surface area contributed by atoms with Crippen LogP contribution in [-0.2, 0) is 10.8 Å². The van der Waals surface area contributed by atoms with Gasteiger partial charge in [-0.1, -0.05) is 79.7 Å². The second-order valence-corrected chi connectivity index (χ2v) is 8.73. The first-order chi connectivity index (χ1) is 14.6. The molecule has 1 N–H and O–H groups in total. The highest BCUT2D eigenvalue weighted by Crippen LogP contribution is 2.29. The highest BCUT2D eigenvalue weighted by molar-refractivity contribution is 7.85. The van der Waals surface area contributed by atoms with Crippen molar-refractivity contribution in [2.75, 3.05) is 5.75 Å². The predicted octanol–water partition coefficient (Wildman–Crippen LogP) is 6.21. The number of rotatable bonds is 6. The van der Waals surface area contributed by atoms with Gasteiger partial charge in [-0.3, -0.25) is 9.20 Å². The summed E-state index contributed by atoms with van der Waals surface area (Å²) < 4.78 is 13.1. The third kappa shape index (κ3) is 4.34. The molecule has 0 aliphatic carbocycles. The van der Waals surface area contributed by atoms with E-state index in [0.29, 0.717) is 21.9 Å². The summed E-state index contributed by atoms with van der Waals surface area (Å²) in [6.07, 6.45) is 1.66. The van der Waals surface area contributed by atoms with Crippen molar-refractivity contribution in [2.45, 2.75) is 17.7 Å². The molecule has 0 saturated carbocycles. The molecule has 0 saturated heterocycles. The van der Waals surface area contributed by atoms with Crippen molar-refractivity contribution in [1.82, 2.24) is 0 Å². The Kier molecular flexibility index (Phi) is 6.05. The number of nitrogens with zero attached hydrogens (tertiary/aromatic N) is 1. The molecule has 150 valence electrons. The zero-order valence-corrected chi connectivity index (χ0v) is 17.5. The fourth-order valence-corrected chi connectivity index (χ4v) is 4.92. The molecule has 0 aliphatic heterocycles. The normalized spacial score (nSPS) is 13.5. The smallest absolute Gasteiger partial charge is 0.124 e. The first kappa shape index (κ1) is 20.0. The molecule has 0 heterocycles. The van der Waals surface area contributed by atoms with E-state index in [-0.39, 0.29) is 11.7 Å². The Hall–Kier alpha value is -3.24. The molecule has 0 aromatic heterocycles. The van der Waals surface area contributed by atoms with E-state index in [9.17, 15) is 9.32 Å². The fraction of sp³-hybridized carbons (Fsp3) is 0.115. The van der Waals surface area contributed by atoms with E-state index < -0.39 is 10.8 Å². The molecule has 0 spiro atoms. The average Bonchev–Trinajstić information content (AvgIpc) is 2.79. The van der Waals surface area contributed by atoms with Crippen LogP contribution in [0.25, 0.3) is 10.8 Å². The second-order valence-electron chi connectivity index (χ2n) is 7.27. The van der Waals surface area contributed by atoms with Crippen molar-refractivity contribution in [3.8, 4) is 5.75 Å². The van der Waals surface area contributed by atoms with Gasteiger partial charge in [0.05, 0.1) is 21.4 Å². The molecule has 30 heavy (non-hydrogen) atoms. The number of para-hydroxylation sites is 1. The molecule has 4 aromatic rings. The first-order valence-electron chi connectivity index (χ1n) is 9.90. The van der Waals surface area contributed by atoms with Crippen LogP contribution in [0.5, 0.6) is 5.75 Å². The summed E-state index contributed by atoms with van der Waals surface area (Å²) in [7, 11) is -1.19. The summed E-state index contributed by atoms with van der Waals surface area (Å²) in [5, 5.41) is 12.3. The first-order valence-corrected chi connectivity index (χ1v) is 11.2. The van der Waals surface area contributed by atoms with Gasteiger partial charge in [0.1, 0.15) is 5.75 Å². The largest absolute Gasteiger partial charge is 0.507 e. The lowest BCUT2D eigenvalue weighted by atomic mass is 10.0. The van der Waals surface area contributed by atoms with Gasteiger partial charge in [-0.2, -0.15) is 0 Å². The van der Waals surface area contributed by atoms with E-state index in [0.717, 1.165) is 10.8 Å². The monoisotopic (exact) mass is 413 g/mol. The quantitative estimate of drug-likeness (QED) is 0.382. The van der Waals surface area contributed by atoms with Crippen molar-refractivity contribution in [3.63, 3.8) is 0 Å². The van der Waals surface area contributed by atoms with E-state index >= 15 is 0 Å². The van der Waals surface area contributed by atoms with E-state index in [4.69, 9.17) is 0 Å². The Bertz CT molecular complexity index is 1220. The van der Waals surface area contributed by atoms with Crippen molar-refractivity contribution < 1.29 is 9.32 Å². The van der Waals surface area contributed by atoms with Crippen LogP contribution in [0.4, 0.5) is 5.69 Å². The lowest BCUT2D eigenvalue weighted by Crippen LogP contribution is -2.07. The molecule has 0 aliphatic rings. The van der Waals surface area contributed by atoms with Crippen LogP contribution in [0.3, 0.4) is 0 Å². The van der Waals surface area contributed by atoms with Crippen LogP contribution in [0.2, 0.25) is 0 Å². The van der Waals surface area contributed by atoms with Gasteiger partial charge in [-0.15, -0.1) is 0 Å². The number of benzene rings is 4.